The lowest BCUT2D eigenvalue weighted by Crippen LogP contribution is -2.48. The minimum absolute atomic E-state index is 0.0665. The van der Waals surface area contributed by atoms with E-state index in [1.807, 2.05) is 26.0 Å². The zero-order chi connectivity index (χ0) is 15.5. The highest BCUT2D eigenvalue weighted by atomic mass is 16.5. The van der Waals surface area contributed by atoms with Crippen molar-refractivity contribution in [2.45, 2.75) is 58.6 Å². The normalized spacial score (nSPS) is 15.6. The summed E-state index contributed by atoms with van der Waals surface area (Å²) >= 11 is 0. The third-order valence-electron chi connectivity index (χ3n) is 4.07. The summed E-state index contributed by atoms with van der Waals surface area (Å²) in [6.45, 7) is 8.90. The Morgan fingerprint density at radius 3 is 2.95 bits per heavy atom. The number of amides is 1. The molecule has 0 bridgehead atoms. The van der Waals surface area contributed by atoms with Gasteiger partial charge in [0.05, 0.1) is 0 Å². The molecule has 0 saturated heterocycles. The summed E-state index contributed by atoms with van der Waals surface area (Å²) in [6.07, 6.45) is 2.48. The predicted octanol–water partition coefficient (Wildman–Crippen LogP) is 3.12. The van der Waals surface area contributed by atoms with E-state index in [4.69, 9.17) is 4.74 Å². The van der Waals surface area contributed by atoms with E-state index in [-0.39, 0.29) is 11.4 Å². The molecule has 1 amide bonds. The first-order valence-corrected chi connectivity index (χ1v) is 7.77. The smallest absolute Gasteiger partial charge is 0.261 e. The van der Waals surface area contributed by atoms with Crippen LogP contribution in [-0.4, -0.2) is 24.1 Å². The second-order valence-corrected chi connectivity index (χ2v) is 6.30. The molecule has 2 rings (SSSR count). The first-order chi connectivity index (χ1) is 9.93. The van der Waals surface area contributed by atoms with Gasteiger partial charge in [-0.2, -0.15) is 0 Å². The van der Waals surface area contributed by atoms with Crippen molar-refractivity contribution in [2.75, 3.05) is 11.9 Å². The van der Waals surface area contributed by atoms with Gasteiger partial charge in [0, 0.05) is 23.3 Å². The zero-order valence-corrected chi connectivity index (χ0v) is 13.5. The van der Waals surface area contributed by atoms with Crippen molar-refractivity contribution < 1.29 is 9.53 Å². The summed E-state index contributed by atoms with van der Waals surface area (Å²) in [6, 6.07) is 5.97. The van der Waals surface area contributed by atoms with Crippen LogP contribution in [0.2, 0.25) is 0 Å². The van der Waals surface area contributed by atoms with Gasteiger partial charge in [-0.05, 0) is 52.2 Å². The van der Waals surface area contributed by atoms with Gasteiger partial charge in [-0.1, -0.05) is 13.0 Å². The number of anilines is 1. The number of carbonyl (C=O) groups is 1. The predicted molar refractivity (Wildman–Crippen MR) is 85.9 cm³/mol. The number of carbonyl (C=O) groups excluding carboxylic acids is 1. The molecule has 4 heteroatoms. The van der Waals surface area contributed by atoms with E-state index >= 15 is 0 Å². The molecule has 1 aromatic carbocycles. The van der Waals surface area contributed by atoms with Crippen molar-refractivity contribution in [1.82, 2.24) is 5.32 Å². The number of rotatable bonds is 5. The lowest BCUT2D eigenvalue weighted by molar-refractivity contribution is -0.129. The second kappa shape index (κ2) is 6.37. The first kappa shape index (κ1) is 15.7. The van der Waals surface area contributed by atoms with Crippen LogP contribution in [0.3, 0.4) is 0 Å². The molecular formula is C17H26N2O2. The van der Waals surface area contributed by atoms with Gasteiger partial charge >= 0.3 is 0 Å². The molecule has 0 radical (unpaired) electrons. The Hall–Kier alpha value is -1.71. The molecule has 0 spiro atoms. The third kappa shape index (κ3) is 3.90. The minimum Gasteiger partial charge on any atom is -0.481 e. The molecular weight excluding hydrogens is 264 g/mol. The lowest BCUT2D eigenvalue weighted by Gasteiger charge is -2.27. The molecule has 1 unspecified atom stereocenters. The molecule has 0 aliphatic carbocycles. The Morgan fingerprint density at radius 2 is 2.24 bits per heavy atom. The van der Waals surface area contributed by atoms with Gasteiger partial charge in [0.1, 0.15) is 5.75 Å². The Bertz CT molecular complexity index is 512. The van der Waals surface area contributed by atoms with E-state index in [0.717, 1.165) is 37.2 Å². The minimum atomic E-state index is -0.496. The molecule has 1 aliphatic rings. The summed E-state index contributed by atoms with van der Waals surface area (Å²) < 4.78 is 5.91. The summed E-state index contributed by atoms with van der Waals surface area (Å²) in [5.41, 5.74) is 2.10. The molecule has 4 nitrogen and oxygen atoms in total. The van der Waals surface area contributed by atoms with Crippen LogP contribution in [0.15, 0.2) is 18.2 Å². The SMILES string of the molecule is CCC(C)(C)NC(=O)C(C)Oc1cccc2c1CCCN2. The summed E-state index contributed by atoms with van der Waals surface area (Å²) in [5.74, 6) is 0.750. The summed E-state index contributed by atoms with van der Waals surface area (Å²) in [7, 11) is 0. The number of hydrogen-bond donors (Lipinski definition) is 2. The Balaban J connectivity index is 2.06. The largest absolute Gasteiger partial charge is 0.481 e. The van der Waals surface area contributed by atoms with Crippen molar-refractivity contribution in [3.05, 3.63) is 23.8 Å². The first-order valence-electron chi connectivity index (χ1n) is 7.77. The molecule has 21 heavy (non-hydrogen) atoms. The van der Waals surface area contributed by atoms with E-state index in [1.54, 1.807) is 6.92 Å². The van der Waals surface area contributed by atoms with Crippen molar-refractivity contribution >= 4 is 11.6 Å². The van der Waals surface area contributed by atoms with Gasteiger partial charge in [-0.25, -0.2) is 0 Å². The maximum Gasteiger partial charge on any atom is 0.261 e. The zero-order valence-electron chi connectivity index (χ0n) is 13.5. The number of ether oxygens (including phenoxy) is 1. The van der Waals surface area contributed by atoms with Crippen LogP contribution in [0.25, 0.3) is 0 Å². The van der Waals surface area contributed by atoms with E-state index in [2.05, 4.69) is 23.6 Å². The Labute approximate surface area is 127 Å². The monoisotopic (exact) mass is 290 g/mol. The molecule has 0 fully saturated rings. The van der Waals surface area contributed by atoms with Gasteiger partial charge < -0.3 is 15.4 Å². The van der Waals surface area contributed by atoms with Crippen molar-refractivity contribution in [2.24, 2.45) is 0 Å². The number of nitrogens with one attached hydrogen (secondary N) is 2. The topological polar surface area (TPSA) is 50.4 Å². The highest BCUT2D eigenvalue weighted by molar-refractivity contribution is 5.81. The quantitative estimate of drug-likeness (QED) is 0.876. The van der Waals surface area contributed by atoms with E-state index < -0.39 is 6.10 Å². The number of fused-ring (bicyclic) bond motifs is 1. The average molecular weight is 290 g/mol. The van der Waals surface area contributed by atoms with E-state index in [1.165, 1.54) is 5.56 Å². The molecule has 1 aromatic rings. The molecule has 1 aliphatic heterocycles. The Kier molecular flexibility index (Phi) is 4.76. The maximum absolute atomic E-state index is 12.2. The summed E-state index contributed by atoms with van der Waals surface area (Å²) in [5, 5.41) is 6.40. The molecule has 1 heterocycles. The van der Waals surface area contributed by atoms with Gasteiger partial charge in [0.15, 0.2) is 6.10 Å². The van der Waals surface area contributed by atoms with E-state index in [0.29, 0.717) is 0 Å². The van der Waals surface area contributed by atoms with Crippen molar-refractivity contribution in [3.8, 4) is 5.75 Å². The van der Waals surface area contributed by atoms with Crippen molar-refractivity contribution in [3.63, 3.8) is 0 Å². The Morgan fingerprint density at radius 1 is 1.48 bits per heavy atom. The van der Waals surface area contributed by atoms with Crippen LogP contribution in [0.4, 0.5) is 5.69 Å². The average Bonchev–Trinajstić information content (AvgIpc) is 2.47. The van der Waals surface area contributed by atoms with Crippen LogP contribution in [-0.2, 0) is 11.2 Å². The third-order valence-corrected chi connectivity index (χ3v) is 4.07. The molecule has 1 atom stereocenters. The second-order valence-electron chi connectivity index (χ2n) is 6.30. The standard InChI is InChI=1S/C17H26N2O2/c1-5-17(3,4)19-16(20)12(2)21-15-10-6-9-14-13(15)8-7-11-18-14/h6,9-10,12,18H,5,7-8,11H2,1-4H3,(H,19,20). The summed E-state index contributed by atoms with van der Waals surface area (Å²) in [4.78, 5) is 12.2. The maximum atomic E-state index is 12.2. The fourth-order valence-corrected chi connectivity index (χ4v) is 2.36. The van der Waals surface area contributed by atoms with E-state index in [9.17, 15) is 4.79 Å². The van der Waals surface area contributed by atoms with Crippen LogP contribution in [0, 0.1) is 0 Å². The molecule has 0 aromatic heterocycles. The van der Waals surface area contributed by atoms with Crippen LogP contribution in [0.1, 0.15) is 46.1 Å². The van der Waals surface area contributed by atoms with Crippen LogP contribution >= 0.6 is 0 Å². The molecule has 2 N–H and O–H groups in total. The number of hydrogen-bond acceptors (Lipinski definition) is 3. The van der Waals surface area contributed by atoms with Gasteiger partial charge in [-0.3, -0.25) is 4.79 Å². The molecule has 0 saturated carbocycles. The lowest BCUT2D eigenvalue weighted by atomic mass is 10.0. The highest BCUT2D eigenvalue weighted by Gasteiger charge is 2.24. The van der Waals surface area contributed by atoms with Crippen LogP contribution < -0.4 is 15.4 Å². The number of benzene rings is 1. The van der Waals surface area contributed by atoms with Gasteiger partial charge in [0.25, 0.3) is 5.91 Å². The fourth-order valence-electron chi connectivity index (χ4n) is 2.36. The van der Waals surface area contributed by atoms with Gasteiger partial charge in [0.2, 0.25) is 0 Å². The molecule has 116 valence electrons. The van der Waals surface area contributed by atoms with Gasteiger partial charge in [-0.15, -0.1) is 0 Å². The van der Waals surface area contributed by atoms with Crippen molar-refractivity contribution in [1.29, 1.82) is 0 Å². The fraction of sp³-hybridized carbons (Fsp3) is 0.588. The van der Waals surface area contributed by atoms with Crippen LogP contribution in [0.5, 0.6) is 5.75 Å². The highest BCUT2D eigenvalue weighted by Crippen LogP contribution is 2.31.